The third-order valence-electron chi connectivity index (χ3n) is 4.22. The maximum atomic E-state index is 12.6. The van der Waals surface area contributed by atoms with Crippen molar-refractivity contribution in [2.45, 2.75) is 12.7 Å². The lowest BCUT2D eigenvalue weighted by atomic mass is 10.0. The average Bonchev–Trinajstić information content (AvgIpc) is 3.29. The van der Waals surface area contributed by atoms with Crippen LogP contribution in [0.2, 0.25) is 0 Å². The number of carbonyl (C=O) groups is 1. The van der Waals surface area contributed by atoms with Gasteiger partial charge in [-0.15, -0.1) is 11.3 Å². The smallest absolute Gasteiger partial charge is 0.275 e. The van der Waals surface area contributed by atoms with Crippen molar-refractivity contribution in [3.05, 3.63) is 58.4 Å². The molecule has 0 unspecified atom stereocenters. The number of aryl methyl sites for hydroxylation is 1. The van der Waals surface area contributed by atoms with Crippen molar-refractivity contribution in [3.8, 4) is 11.1 Å². The molecule has 0 spiro atoms. The zero-order valence-electron chi connectivity index (χ0n) is 15.6. The van der Waals surface area contributed by atoms with Gasteiger partial charge in [0.05, 0.1) is 28.2 Å². The fourth-order valence-electron chi connectivity index (χ4n) is 3.00. The third-order valence-corrected chi connectivity index (χ3v) is 5.85. The second-order valence-electron chi connectivity index (χ2n) is 6.71. The summed E-state index contributed by atoms with van der Waals surface area (Å²) >= 11 is 1.41. The van der Waals surface area contributed by atoms with Crippen LogP contribution in [0.15, 0.2) is 42.2 Å². The number of nitrogens with one attached hydrogen (secondary N) is 2. The van der Waals surface area contributed by atoms with Gasteiger partial charge in [0.25, 0.3) is 5.91 Å². The number of rotatable bonds is 5. The number of carbonyl (C=O) groups excluding carboxylic acids is 1. The number of pyridine rings is 1. The van der Waals surface area contributed by atoms with Crippen molar-refractivity contribution < 1.29 is 13.2 Å². The number of anilines is 1. The summed E-state index contributed by atoms with van der Waals surface area (Å²) in [6.45, 7) is 1.84. The van der Waals surface area contributed by atoms with Gasteiger partial charge in [0.15, 0.2) is 9.84 Å². The molecule has 148 valence electrons. The van der Waals surface area contributed by atoms with E-state index >= 15 is 0 Å². The number of amides is 1. The van der Waals surface area contributed by atoms with Gasteiger partial charge in [0.2, 0.25) is 0 Å². The number of nitrogens with zero attached hydrogens (tertiary/aromatic N) is 3. The van der Waals surface area contributed by atoms with Crippen LogP contribution in [-0.2, 0) is 15.6 Å². The standard InChI is InChI=1S/C19H17N5O3S2/c1-11-22-18(9-28-11)19(25)23-16-4-13(5-17-15(16)8-21-24-17)14-3-12(6-20-7-14)10-29(2,26)27/h3-9H,10H2,1-2H3,(H,21,24)(H,23,25). The quantitative estimate of drug-likeness (QED) is 0.505. The topological polar surface area (TPSA) is 118 Å². The summed E-state index contributed by atoms with van der Waals surface area (Å²) in [5.74, 6) is -0.398. The summed E-state index contributed by atoms with van der Waals surface area (Å²) in [4.78, 5) is 21.0. The minimum Gasteiger partial charge on any atom is -0.320 e. The number of sulfone groups is 1. The highest BCUT2D eigenvalue weighted by Crippen LogP contribution is 2.30. The van der Waals surface area contributed by atoms with E-state index in [1.54, 1.807) is 23.8 Å². The lowest BCUT2D eigenvalue weighted by molar-refractivity contribution is 0.102. The largest absolute Gasteiger partial charge is 0.320 e. The van der Waals surface area contributed by atoms with Crippen LogP contribution in [0.5, 0.6) is 0 Å². The van der Waals surface area contributed by atoms with Gasteiger partial charge < -0.3 is 5.32 Å². The predicted octanol–water partition coefficient (Wildman–Crippen LogP) is 3.19. The molecule has 10 heteroatoms. The number of fused-ring (bicyclic) bond motifs is 1. The van der Waals surface area contributed by atoms with Gasteiger partial charge in [-0.05, 0) is 36.2 Å². The highest BCUT2D eigenvalue weighted by atomic mass is 32.2. The average molecular weight is 428 g/mol. The van der Waals surface area contributed by atoms with Crippen LogP contribution < -0.4 is 5.32 Å². The Kier molecular flexibility index (Phi) is 4.89. The number of aromatic nitrogens is 4. The Balaban J connectivity index is 1.73. The minimum absolute atomic E-state index is 0.0904. The van der Waals surface area contributed by atoms with Crippen LogP contribution in [0.3, 0.4) is 0 Å². The molecule has 8 nitrogen and oxygen atoms in total. The van der Waals surface area contributed by atoms with Gasteiger partial charge in [-0.3, -0.25) is 14.9 Å². The molecule has 4 aromatic rings. The van der Waals surface area contributed by atoms with Gasteiger partial charge in [-0.2, -0.15) is 5.10 Å². The first-order valence-electron chi connectivity index (χ1n) is 8.61. The molecular formula is C19H17N5O3S2. The van der Waals surface area contributed by atoms with E-state index in [4.69, 9.17) is 0 Å². The zero-order valence-corrected chi connectivity index (χ0v) is 17.3. The zero-order chi connectivity index (χ0) is 20.6. The third kappa shape index (κ3) is 4.33. The van der Waals surface area contributed by atoms with Crippen molar-refractivity contribution in [1.82, 2.24) is 20.2 Å². The predicted molar refractivity (Wildman–Crippen MR) is 113 cm³/mol. The van der Waals surface area contributed by atoms with Gasteiger partial charge in [0, 0.05) is 35.0 Å². The Morgan fingerprint density at radius 1 is 1.17 bits per heavy atom. The van der Waals surface area contributed by atoms with Crippen molar-refractivity contribution in [3.63, 3.8) is 0 Å². The number of hydrogen-bond donors (Lipinski definition) is 2. The minimum atomic E-state index is -3.17. The molecule has 2 N–H and O–H groups in total. The summed E-state index contributed by atoms with van der Waals surface area (Å²) in [6.07, 6.45) is 6.01. The molecule has 0 fully saturated rings. The Morgan fingerprint density at radius 3 is 2.72 bits per heavy atom. The van der Waals surface area contributed by atoms with Gasteiger partial charge in [-0.1, -0.05) is 0 Å². The molecule has 4 rings (SSSR count). The molecule has 0 radical (unpaired) electrons. The molecule has 1 aromatic carbocycles. The highest BCUT2D eigenvalue weighted by Gasteiger charge is 2.15. The maximum absolute atomic E-state index is 12.6. The highest BCUT2D eigenvalue weighted by molar-refractivity contribution is 7.89. The maximum Gasteiger partial charge on any atom is 0.275 e. The number of thiazole rings is 1. The summed E-state index contributed by atoms with van der Waals surface area (Å²) in [5.41, 5.74) is 3.78. The molecule has 0 saturated heterocycles. The van der Waals surface area contributed by atoms with Crippen molar-refractivity contribution >= 4 is 43.7 Å². The van der Waals surface area contributed by atoms with Crippen LogP contribution >= 0.6 is 11.3 Å². The first-order chi connectivity index (χ1) is 13.8. The summed E-state index contributed by atoms with van der Waals surface area (Å²) in [6, 6.07) is 5.48. The van der Waals surface area contributed by atoms with E-state index < -0.39 is 9.84 Å². The molecule has 0 aliphatic heterocycles. The fourth-order valence-corrected chi connectivity index (χ4v) is 4.36. The lowest BCUT2D eigenvalue weighted by Gasteiger charge is -2.10. The molecule has 3 aromatic heterocycles. The van der Waals surface area contributed by atoms with Crippen molar-refractivity contribution in [2.24, 2.45) is 0 Å². The van der Waals surface area contributed by atoms with Gasteiger partial charge in [-0.25, -0.2) is 13.4 Å². The molecule has 0 bridgehead atoms. The number of aromatic amines is 1. The van der Waals surface area contributed by atoms with E-state index in [2.05, 4.69) is 25.5 Å². The normalized spacial score (nSPS) is 11.7. The van der Waals surface area contributed by atoms with E-state index in [1.165, 1.54) is 23.8 Å². The molecule has 0 aliphatic rings. The van der Waals surface area contributed by atoms with Gasteiger partial charge in [0.1, 0.15) is 5.69 Å². The van der Waals surface area contributed by atoms with Crippen molar-refractivity contribution in [2.75, 3.05) is 11.6 Å². The summed E-state index contributed by atoms with van der Waals surface area (Å²) in [7, 11) is -3.17. The second kappa shape index (κ2) is 7.37. The Labute approximate surface area is 171 Å². The molecule has 1 amide bonds. The van der Waals surface area contributed by atoms with Crippen molar-refractivity contribution in [1.29, 1.82) is 0 Å². The van der Waals surface area contributed by atoms with Crippen LogP contribution in [0.4, 0.5) is 5.69 Å². The van der Waals surface area contributed by atoms with Crippen LogP contribution in [-0.4, -0.2) is 40.7 Å². The molecular weight excluding hydrogens is 410 g/mol. The lowest BCUT2D eigenvalue weighted by Crippen LogP contribution is -2.12. The van der Waals surface area contributed by atoms with Crippen LogP contribution in [0.1, 0.15) is 21.1 Å². The van der Waals surface area contributed by atoms with Crippen LogP contribution in [0.25, 0.3) is 22.0 Å². The number of hydrogen-bond acceptors (Lipinski definition) is 7. The van der Waals surface area contributed by atoms with E-state index in [0.29, 0.717) is 16.9 Å². The Bertz CT molecular complexity index is 1320. The molecule has 29 heavy (non-hydrogen) atoms. The molecule has 0 atom stereocenters. The first-order valence-corrected chi connectivity index (χ1v) is 11.6. The molecule has 0 saturated carbocycles. The van der Waals surface area contributed by atoms with E-state index in [1.807, 2.05) is 19.1 Å². The van der Waals surface area contributed by atoms with E-state index in [-0.39, 0.29) is 11.7 Å². The van der Waals surface area contributed by atoms with Crippen LogP contribution in [0, 0.1) is 6.92 Å². The Morgan fingerprint density at radius 2 is 2.00 bits per heavy atom. The monoisotopic (exact) mass is 427 g/mol. The SMILES string of the molecule is Cc1nc(C(=O)Nc2cc(-c3cncc(CS(C)(=O)=O)c3)cc3[nH]ncc23)cs1. The Hall–Kier alpha value is -3.11. The number of benzene rings is 1. The summed E-state index contributed by atoms with van der Waals surface area (Å²) < 4.78 is 23.2. The van der Waals surface area contributed by atoms with Gasteiger partial charge >= 0.3 is 0 Å². The molecule has 0 aliphatic carbocycles. The second-order valence-corrected chi connectivity index (χ2v) is 9.92. The molecule has 3 heterocycles. The van der Waals surface area contributed by atoms with E-state index in [0.717, 1.165) is 27.0 Å². The summed E-state index contributed by atoms with van der Waals surface area (Å²) in [5, 5.41) is 13.1. The number of H-pyrrole nitrogens is 1. The fraction of sp³-hybridized carbons (Fsp3) is 0.158. The first kappa shape index (κ1) is 19.2. The van der Waals surface area contributed by atoms with E-state index in [9.17, 15) is 13.2 Å².